The number of rotatable bonds is 3. The van der Waals surface area contributed by atoms with Gasteiger partial charge in [0, 0.05) is 37.9 Å². The van der Waals surface area contributed by atoms with Gasteiger partial charge in [-0.15, -0.1) is 5.10 Å². The van der Waals surface area contributed by atoms with Crippen LogP contribution in [0.1, 0.15) is 40.8 Å². The summed E-state index contributed by atoms with van der Waals surface area (Å²) in [6, 6.07) is 3.16. The maximum Gasteiger partial charge on any atom is 0.253 e. The maximum absolute atomic E-state index is 14.0. The summed E-state index contributed by atoms with van der Waals surface area (Å²) in [5, 5.41) is 11.1. The van der Waals surface area contributed by atoms with E-state index in [4.69, 9.17) is 11.3 Å². The molecule has 3 aromatic rings. The molecular formula is C24H24FN9O2. The van der Waals surface area contributed by atoms with Crippen molar-refractivity contribution in [2.75, 3.05) is 32.8 Å². The lowest BCUT2D eigenvalue weighted by molar-refractivity contribution is -0.141. The van der Waals surface area contributed by atoms with Gasteiger partial charge in [-0.1, -0.05) is 6.07 Å². The quantitative estimate of drug-likeness (QED) is 0.513. The summed E-state index contributed by atoms with van der Waals surface area (Å²) in [6.45, 7) is 12.1. The topological polar surface area (TPSA) is 107 Å². The second-order valence-corrected chi connectivity index (χ2v) is 9.39. The molecule has 1 aromatic carbocycles. The average Bonchev–Trinajstić information content (AvgIpc) is 3.58. The van der Waals surface area contributed by atoms with Crippen LogP contribution in [0.2, 0.25) is 0 Å². The molecule has 2 aliphatic heterocycles. The third kappa shape index (κ3) is 3.81. The van der Waals surface area contributed by atoms with Gasteiger partial charge in [0.2, 0.25) is 11.6 Å². The first-order valence-corrected chi connectivity index (χ1v) is 11.9. The van der Waals surface area contributed by atoms with Crippen molar-refractivity contribution in [2.45, 2.75) is 37.8 Å². The molecule has 3 aliphatic rings. The molecule has 2 aromatic heterocycles. The number of nitrogens with zero attached hydrogens (tertiary/aromatic N) is 9. The standard InChI is InChI=1S/C24H24FN9O2/c1-14-16(3-5-19(25)22(14)26-2)21-11-32-7-8-33(10-15(32)12-36-21)23(35)17-4-6-20-18(17)9-27-24(29-20)34-13-28-30-31-34/h3,5,9,13,15,17,21H,4,6-8,10-12H2,1H3/t15-,17?,21+/m1/s1. The number of carbonyl (C=O) groups excluding carboxylic acids is 1. The third-order valence-corrected chi connectivity index (χ3v) is 7.47. The zero-order chi connectivity index (χ0) is 24.8. The Hall–Kier alpha value is -3.82. The van der Waals surface area contributed by atoms with Gasteiger partial charge < -0.3 is 9.64 Å². The molecule has 36 heavy (non-hydrogen) atoms. The van der Waals surface area contributed by atoms with Crippen molar-refractivity contribution in [3.63, 3.8) is 0 Å². The lowest BCUT2D eigenvalue weighted by Crippen LogP contribution is -2.60. The van der Waals surface area contributed by atoms with Crippen LogP contribution in [-0.4, -0.2) is 84.7 Å². The number of carbonyl (C=O) groups is 1. The number of morpholine rings is 1. The van der Waals surface area contributed by atoms with Crippen LogP contribution in [0.3, 0.4) is 0 Å². The largest absolute Gasteiger partial charge is 0.371 e. The summed E-state index contributed by atoms with van der Waals surface area (Å²) in [5.41, 5.74) is 3.28. The number of halogens is 1. The molecule has 11 nitrogen and oxygen atoms in total. The number of piperazine rings is 1. The Kier molecular flexibility index (Phi) is 5.66. The first-order chi connectivity index (χ1) is 17.5. The van der Waals surface area contributed by atoms with Crippen molar-refractivity contribution in [2.24, 2.45) is 0 Å². The number of hydrogen-bond donors (Lipinski definition) is 0. The molecular weight excluding hydrogens is 465 g/mol. The van der Waals surface area contributed by atoms with E-state index in [-0.39, 0.29) is 29.7 Å². The van der Waals surface area contributed by atoms with Crippen molar-refractivity contribution < 1.29 is 13.9 Å². The molecule has 0 N–H and O–H groups in total. The van der Waals surface area contributed by atoms with E-state index in [9.17, 15) is 9.18 Å². The highest BCUT2D eigenvalue weighted by atomic mass is 19.1. The Bertz CT molecular complexity index is 1360. The zero-order valence-electron chi connectivity index (χ0n) is 19.7. The highest BCUT2D eigenvalue weighted by Crippen LogP contribution is 2.36. The molecule has 2 saturated heterocycles. The van der Waals surface area contributed by atoms with E-state index >= 15 is 0 Å². The molecule has 184 valence electrons. The van der Waals surface area contributed by atoms with Crippen LogP contribution >= 0.6 is 0 Å². The zero-order valence-corrected chi connectivity index (χ0v) is 19.7. The summed E-state index contributed by atoms with van der Waals surface area (Å²) < 4.78 is 21.5. The number of aromatic nitrogens is 6. The fourth-order valence-electron chi connectivity index (χ4n) is 5.53. The number of aryl methyl sites for hydroxylation is 1. The monoisotopic (exact) mass is 489 g/mol. The van der Waals surface area contributed by atoms with Crippen molar-refractivity contribution in [1.82, 2.24) is 40.0 Å². The second-order valence-electron chi connectivity index (χ2n) is 9.39. The number of ether oxygens (including phenoxy) is 1. The Morgan fingerprint density at radius 2 is 2.14 bits per heavy atom. The van der Waals surface area contributed by atoms with Crippen LogP contribution < -0.4 is 0 Å². The molecule has 1 amide bonds. The number of fused-ring (bicyclic) bond motifs is 2. The maximum atomic E-state index is 14.0. The van der Waals surface area contributed by atoms with Gasteiger partial charge in [0.1, 0.15) is 12.1 Å². The predicted molar refractivity (Wildman–Crippen MR) is 124 cm³/mol. The molecule has 0 bridgehead atoms. The van der Waals surface area contributed by atoms with Crippen molar-refractivity contribution in [3.8, 4) is 5.95 Å². The van der Waals surface area contributed by atoms with E-state index in [1.807, 2.05) is 4.90 Å². The number of hydrogen-bond acceptors (Lipinski definition) is 8. The van der Waals surface area contributed by atoms with E-state index in [2.05, 4.69) is 35.2 Å². The van der Waals surface area contributed by atoms with E-state index in [1.165, 1.54) is 17.1 Å². The first-order valence-electron chi connectivity index (χ1n) is 11.9. The van der Waals surface area contributed by atoms with Crippen LogP contribution in [0.4, 0.5) is 10.1 Å². The van der Waals surface area contributed by atoms with Crippen LogP contribution in [0.25, 0.3) is 10.8 Å². The minimum atomic E-state index is -0.502. The highest BCUT2D eigenvalue weighted by Gasteiger charge is 2.39. The van der Waals surface area contributed by atoms with Gasteiger partial charge in [-0.05, 0) is 47.4 Å². The molecule has 0 spiro atoms. The summed E-state index contributed by atoms with van der Waals surface area (Å²) in [5.74, 6) is -0.252. The molecule has 12 heteroatoms. The van der Waals surface area contributed by atoms with Gasteiger partial charge >= 0.3 is 0 Å². The van der Waals surface area contributed by atoms with Crippen molar-refractivity contribution in [1.29, 1.82) is 0 Å². The lowest BCUT2D eigenvalue weighted by atomic mass is 9.97. The third-order valence-electron chi connectivity index (χ3n) is 7.47. The highest BCUT2D eigenvalue weighted by molar-refractivity contribution is 5.85. The van der Waals surface area contributed by atoms with E-state index in [0.717, 1.165) is 23.4 Å². The number of benzene rings is 1. The molecule has 0 radical (unpaired) electrons. The molecule has 4 heterocycles. The summed E-state index contributed by atoms with van der Waals surface area (Å²) >= 11 is 0. The normalized spacial score (nSPS) is 23.7. The summed E-state index contributed by atoms with van der Waals surface area (Å²) in [6.07, 6.45) is 4.36. The van der Waals surface area contributed by atoms with Crippen LogP contribution in [0, 0.1) is 19.3 Å². The lowest BCUT2D eigenvalue weighted by Gasteiger charge is -2.46. The van der Waals surface area contributed by atoms with Crippen molar-refractivity contribution >= 4 is 11.6 Å². The number of tetrazole rings is 1. The molecule has 2 fully saturated rings. The number of amides is 1. The van der Waals surface area contributed by atoms with E-state index in [0.29, 0.717) is 50.6 Å². The Balaban J connectivity index is 1.12. The predicted octanol–water partition coefficient (Wildman–Crippen LogP) is 1.76. The van der Waals surface area contributed by atoms with Gasteiger partial charge in [0.05, 0.1) is 36.9 Å². The first kappa shape index (κ1) is 22.6. The smallest absolute Gasteiger partial charge is 0.253 e. The van der Waals surface area contributed by atoms with Gasteiger partial charge in [-0.3, -0.25) is 9.69 Å². The van der Waals surface area contributed by atoms with Crippen LogP contribution in [0.5, 0.6) is 0 Å². The van der Waals surface area contributed by atoms with E-state index < -0.39 is 5.82 Å². The van der Waals surface area contributed by atoms with Crippen LogP contribution in [-0.2, 0) is 16.0 Å². The molecule has 3 atom stereocenters. The summed E-state index contributed by atoms with van der Waals surface area (Å²) in [4.78, 5) is 30.0. The molecule has 0 saturated carbocycles. The van der Waals surface area contributed by atoms with Gasteiger partial charge in [0.15, 0.2) is 0 Å². The molecule has 1 aliphatic carbocycles. The Morgan fingerprint density at radius 1 is 1.25 bits per heavy atom. The van der Waals surface area contributed by atoms with Gasteiger partial charge in [-0.2, -0.15) is 4.68 Å². The van der Waals surface area contributed by atoms with Crippen LogP contribution in [0.15, 0.2) is 24.7 Å². The van der Waals surface area contributed by atoms with Crippen molar-refractivity contribution in [3.05, 3.63) is 64.3 Å². The average molecular weight is 490 g/mol. The molecule has 6 rings (SSSR count). The Morgan fingerprint density at radius 3 is 2.94 bits per heavy atom. The molecule has 1 unspecified atom stereocenters. The minimum Gasteiger partial charge on any atom is -0.371 e. The van der Waals surface area contributed by atoms with E-state index in [1.54, 1.807) is 19.2 Å². The minimum absolute atomic E-state index is 0.0551. The summed E-state index contributed by atoms with van der Waals surface area (Å²) in [7, 11) is 0. The van der Waals surface area contributed by atoms with Gasteiger partial charge in [-0.25, -0.2) is 19.2 Å². The fourth-order valence-corrected chi connectivity index (χ4v) is 5.53. The van der Waals surface area contributed by atoms with Gasteiger partial charge in [0.25, 0.3) is 5.95 Å². The SMILES string of the molecule is [C-]#[N+]c1c(F)ccc([C@@H]2CN3CCN(C(=O)C4CCc5nc(-n6cnnn6)ncc54)C[C@@H]3CO2)c1C. The Labute approximate surface area is 206 Å². The second kappa shape index (κ2) is 9.00. The fraction of sp³-hybridized carbons (Fsp3) is 0.458.